The van der Waals surface area contributed by atoms with E-state index >= 15 is 0 Å². The van der Waals surface area contributed by atoms with Crippen LogP contribution in [0.25, 0.3) is 0 Å². The molecule has 0 aliphatic heterocycles. The van der Waals surface area contributed by atoms with Gasteiger partial charge < -0.3 is 16.2 Å². The summed E-state index contributed by atoms with van der Waals surface area (Å²) in [5.41, 5.74) is 5.33. The van der Waals surface area contributed by atoms with Crippen LogP contribution < -0.4 is 11.1 Å². The Morgan fingerprint density at radius 2 is 2.06 bits per heavy atom. The highest BCUT2D eigenvalue weighted by atomic mass is 79.9. The first kappa shape index (κ1) is 14.7. The SMILES string of the molecule is CC(C)(CN)C(=O)Nc1cc(C(=O)O)ccc1Br. The first-order valence-corrected chi connectivity index (χ1v) is 6.11. The number of nitrogens with one attached hydrogen (secondary N) is 1. The van der Waals surface area contributed by atoms with Crippen molar-refractivity contribution in [1.29, 1.82) is 0 Å². The number of carbonyl (C=O) groups is 2. The van der Waals surface area contributed by atoms with E-state index < -0.39 is 11.4 Å². The fraction of sp³-hybridized carbons (Fsp3) is 0.333. The molecule has 1 rings (SSSR count). The Kier molecular flexibility index (Phi) is 4.48. The molecule has 0 aliphatic carbocycles. The number of carbonyl (C=O) groups excluding carboxylic acids is 1. The van der Waals surface area contributed by atoms with Crippen LogP contribution in [0.1, 0.15) is 24.2 Å². The van der Waals surface area contributed by atoms with E-state index in [1.165, 1.54) is 12.1 Å². The number of aromatic carboxylic acids is 1. The van der Waals surface area contributed by atoms with E-state index in [-0.39, 0.29) is 18.0 Å². The van der Waals surface area contributed by atoms with Gasteiger partial charge in [0.2, 0.25) is 5.91 Å². The number of carboxylic acids is 1. The van der Waals surface area contributed by atoms with E-state index in [2.05, 4.69) is 21.2 Å². The largest absolute Gasteiger partial charge is 0.478 e. The lowest BCUT2D eigenvalue weighted by Crippen LogP contribution is -2.37. The number of halogens is 1. The van der Waals surface area contributed by atoms with Crippen molar-refractivity contribution >= 4 is 33.5 Å². The third-order valence-corrected chi connectivity index (χ3v) is 3.28. The molecule has 0 heterocycles. The molecule has 0 spiro atoms. The minimum Gasteiger partial charge on any atom is -0.478 e. The molecule has 18 heavy (non-hydrogen) atoms. The summed E-state index contributed by atoms with van der Waals surface area (Å²) in [5.74, 6) is -1.30. The number of rotatable bonds is 4. The fourth-order valence-electron chi connectivity index (χ4n) is 1.14. The van der Waals surface area contributed by atoms with Gasteiger partial charge in [0.1, 0.15) is 0 Å². The van der Waals surface area contributed by atoms with Crippen LogP contribution in [0.5, 0.6) is 0 Å². The molecule has 1 amide bonds. The standard InChI is InChI=1S/C12H15BrN2O3/c1-12(2,6-14)11(18)15-9-5-7(10(16)17)3-4-8(9)13/h3-5H,6,14H2,1-2H3,(H,15,18)(H,16,17). The Morgan fingerprint density at radius 3 is 2.56 bits per heavy atom. The maximum Gasteiger partial charge on any atom is 0.335 e. The molecular formula is C12H15BrN2O3. The molecule has 4 N–H and O–H groups in total. The van der Waals surface area contributed by atoms with Crippen molar-refractivity contribution in [2.45, 2.75) is 13.8 Å². The molecule has 0 bridgehead atoms. The van der Waals surface area contributed by atoms with Crippen LogP contribution in [0.2, 0.25) is 0 Å². The number of anilines is 1. The van der Waals surface area contributed by atoms with Crippen LogP contribution in [0.4, 0.5) is 5.69 Å². The molecule has 1 aromatic carbocycles. The van der Waals surface area contributed by atoms with E-state index in [1.54, 1.807) is 19.9 Å². The van der Waals surface area contributed by atoms with Gasteiger partial charge in [0.25, 0.3) is 0 Å². The maximum atomic E-state index is 11.9. The van der Waals surface area contributed by atoms with Crippen LogP contribution in [-0.4, -0.2) is 23.5 Å². The third kappa shape index (κ3) is 3.30. The van der Waals surface area contributed by atoms with Gasteiger partial charge in [0, 0.05) is 11.0 Å². The van der Waals surface area contributed by atoms with Crippen molar-refractivity contribution < 1.29 is 14.7 Å². The third-order valence-electron chi connectivity index (χ3n) is 2.59. The molecule has 0 fully saturated rings. The highest BCUT2D eigenvalue weighted by molar-refractivity contribution is 9.10. The van der Waals surface area contributed by atoms with Gasteiger partial charge in [-0.3, -0.25) is 4.79 Å². The first-order chi connectivity index (χ1) is 8.27. The fourth-order valence-corrected chi connectivity index (χ4v) is 1.48. The zero-order valence-electron chi connectivity index (χ0n) is 10.2. The highest BCUT2D eigenvalue weighted by Crippen LogP contribution is 2.26. The zero-order valence-corrected chi connectivity index (χ0v) is 11.7. The summed E-state index contributed by atoms with van der Waals surface area (Å²) in [7, 11) is 0. The van der Waals surface area contributed by atoms with Crippen LogP contribution in [-0.2, 0) is 4.79 Å². The predicted octanol–water partition coefficient (Wildman–Crippen LogP) is 2.07. The summed E-state index contributed by atoms with van der Waals surface area (Å²) in [6.45, 7) is 3.64. The number of hydrogen-bond acceptors (Lipinski definition) is 3. The van der Waals surface area contributed by atoms with Gasteiger partial charge in [-0.2, -0.15) is 0 Å². The lowest BCUT2D eigenvalue weighted by molar-refractivity contribution is -0.123. The second-order valence-electron chi connectivity index (χ2n) is 4.54. The molecule has 0 aromatic heterocycles. The van der Waals surface area contributed by atoms with Crippen LogP contribution in [0.3, 0.4) is 0 Å². The van der Waals surface area contributed by atoms with E-state index in [0.717, 1.165) is 0 Å². The summed E-state index contributed by atoms with van der Waals surface area (Å²) in [5, 5.41) is 11.6. The molecule has 1 aromatic rings. The Morgan fingerprint density at radius 1 is 1.44 bits per heavy atom. The molecule has 0 atom stereocenters. The summed E-state index contributed by atoms with van der Waals surface area (Å²) in [6.07, 6.45) is 0. The number of hydrogen-bond donors (Lipinski definition) is 3. The van der Waals surface area contributed by atoms with Crippen LogP contribution in [0, 0.1) is 5.41 Å². The Labute approximate surface area is 113 Å². The Bertz CT molecular complexity index is 486. The first-order valence-electron chi connectivity index (χ1n) is 5.32. The minimum atomic E-state index is -1.05. The molecule has 0 aliphatic rings. The second-order valence-corrected chi connectivity index (χ2v) is 5.40. The predicted molar refractivity (Wildman–Crippen MR) is 72.6 cm³/mol. The van der Waals surface area contributed by atoms with Gasteiger partial charge in [-0.1, -0.05) is 0 Å². The topological polar surface area (TPSA) is 92.4 Å². The second kappa shape index (κ2) is 5.49. The van der Waals surface area contributed by atoms with Gasteiger partial charge in [-0.05, 0) is 48.0 Å². The van der Waals surface area contributed by atoms with Crippen molar-refractivity contribution in [2.24, 2.45) is 11.1 Å². The lowest BCUT2D eigenvalue weighted by Gasteiger charge is -2.21. The molecule has 5 nitrogen and oxygen atoms in total. The maximum absolute atomic E-state index is 11.9. The van der Waals surface area contributed by atoms with Crippen LogP contribution in [0.15, 0.2) is 22.7 Å². The van der Waals surface area contributed by atoms with Crippen molar-refractivity contribution in [2.75, 3.05) is 11.9 Å². The molecule has 0 saturated heterocycles. The average Bonchev–Trinajstić information content (AvgIpc) is 2.31. The normalized spacial score (nSPS) is 11.1. The minimum absolute atomic E-state index is 0.110. The van der Waals surface area contributed by atoms with Crippen molar-refractivity contribution in [3.63, 3.8) is 0 Å². The van der Waals surface area contributed by atoms with E-state index in [9.17, 15) is 9.59 Å². The molecule has 0 radical (unpaired) electrons. The molecule has 0 unspecified atom stereocenters. The van der Waals surface area contributed by atoms with Crippen molar-refractivity contribution in [1.82, 2.24) is 0 Å². The lowest BCUT2D eigenvalue weighted by atomic mass is 9.92. The number of carboxylic acid groups (broad SMARTS) is 1. The van der Waals surface area contributed by atoms with Crippen molar-refractivity contribution in [3.05, 3.63) is 28.2 Å². The van der Waals surface area contributed by atoms with Gasteiger partial charge >= 0.3 is 5.97 Å². The number of benzene rings is 1. The van der Waals surface area contributed by atoms with Gasteiger partial charge in [0.15, 0.2) is 0 Å². The van der Waals surface area contributed by atoms with E-state index in [1.807, 2.05) is 0 Å². The zero-order chi connectivity index (χ0) is 13.9. The van der Waals surface area contributed by atoms with Crippen molar-refractivity contribution in [3.8, 4) is 0 Å². The van der Waals surface area contributed by atoms with Crippen LogP contribution >= 0.6 is 15.9 Å². The Hall–Kier alpha value is -1.40. The monoisotopic (exact) mass is 314 g/mol. The summed E-state index contributed by atoms with van der Waals surface area (Å²) in [6, 6.07) is 4.43. The molecular weight excluding hydrogens is 300 g/mol. The van der Waals surface area contributed by atoms with Gasteiger partial charge in [-0.15, -0.1) is 0 Å². The van der Waals surface area contributed by atoms with E-state index in [0.29, 0.717) is 10.2 Å². The molecule has 6 heteroatoms. The summed E-state index contributed by atoms with van der Waals surface area (Å²) in [4.78, 5) is 22.8. The summed E-state index contributed by atoms with van der Waals surface area (Å²) < 4.78 is 0.619. The smallest absolute Gasteiger partial charge is 0.335 e. The number of nitrogens with two attached hydrogens (primary N) is 1. The average molecular weight is 315 g/mol. The Balaban J connectivity index is 3.01. The van der Waals surface area contributed by atoms with Gasteiger partial charge in [0.05, 0.1) is 16.7 Å². The number of amides is 1. The summed E-state index contributed by atoms with van der Waals surface area (Å²) >= 11 is 3.26. The van der Waals surface area contributed by atoms with E-state index in [4.69, 9.17) is 10.8 Å². The molecule has 0 saturated carbocycles. The van der Waals surface area contributed by atoms with Gasteiger partial charge in [-0.25, -0.2) is 4.79 Å². The molecule has 98 valence electrons. The quantitative estimate of drug-likeness (QED) is 0.793. The highest BCUT2D eigenvalue weighted by Gasteiger charge is 2.26.